The van der Waals surface area contributed by atoms with Crippen LogP contribution in [0.15, 0.2) is 0 Å². The molecule has 0 aliphatic carbocycles. The highest BCUT2D eigenvalue weighted by Crippen LogP contribution is 2.20. The molecule has 2 unspecified atom stereocenters. The van der Waals surface area contributed by atoms with Gasteiger partial charge in [0.2, 0.25) is 0 Å². The van der Waals surface area contributed by atoms with Crippen molar-refractivity contribution in [3.63, 3.8) is 0 Å². The predicted molar refractivity (Wildman–Crippen MR) is 81.6 cm³/mol. The van der Waals surface area contributed by atoms with Crippen LogP contribution in [0.2, 0.25) is 0 Å². The van der Waals surface area contributed by atoms with Gasteiger partial charge in [-0.25, -0.2) is 0 Å². The summed E-state index contributed by atoms with van der Waals surface area (Å²) in [4.78, 5) is 7.78. The molecular weight excluding hydrogens is 236 g/mol. The standard InChI is InChI=1S/C15H32N4/c1-4-19(5-2)15-12-16-7-6-14(15)13-18-10-8-17(3)9-11-18/h14-16H,4-13H2,1-3H3. The summed E-state index contributed by atoms with van der Waals surface area (Å²) in [5.74, 6) is 0.851. The zero-order valence-electron chi connectivity index (χ0n) is 13.1. The molecule has 0 aromatic heterocycles. The third-order valence-corrected chi connectivity index (χ3v) is 4.96. The molecular formula is C15H32N4. The molecule has 0 saturated carbocycles. The molecule has 0 amide bonds. The van der Waals surface area contributed by atoms with Gasteiger partial charge in [0, 0.05) is 45.3 Å². The summed E-state index contributed by atoms with van der Waals surface area (Å²) in [6.07, 6.45) is 1.34. The summed E-state index contributed by atoms with van der Waals surface area (Å²) >= 11 is 0. The van der Waals surface area contributed by atoms with Gasteiger partial charge >= 0.3 is 0 Å². The van der Waals surface area contributed by atoms with Crippen LogP contribution in [0.5, 0.6) is 0 Å². The highest BCUT2D eigenvalue weighted by Gasteiger charge is 2.30. The number of hydrogen-bond donors (Lipinski definition) is 1. The minimum Gasteiger partial charge on any atom is -0.315 e. The summed E-state index contributed by atoms with van der Waals surface area (Å²) in [6, 6.07) is 0.739. The van der Waals surface area contributed by atoms with Gasteiger partial charge in [0.1, 0.15) is 0 Å². The average molecular weight is 268 g/mol. The van der Waals surface area contributed by atoms with E-state index < -0.39 is 0 Å². The number of nitrogens with zero attached hydrogens (tertiary/aromatic N) is 3. The zero-order chi connectivity index (χ0) is 13.7. The molecule has 1 N–H and O–H groups in total. The fraction of sp³-hybridized carbons (Fsp3) is 1.00. The molecule has 112 valence electrons. The van der Waals surface area contributed by atoms with Crippen LogP contribution in [0.4, 0.5) is 0 Å². The molecule has 2 fully saturated rings. The first-order valence-electron chi connectivity index (χ1n) is 8.10. The van der Waals surface area contributed by atoms with Gasteiger partial charge in [-0.15, -0.1) is 0 Å². The molecule has 2 rings (SSSR count). The number of piperazine rings is 1. The van der Waals surface area contributed by atoms with E-state index in [2.05, 4.69) is 40.9 Å². The third kappa shape index (κ3) is 4.15. The van der Waals surface area contributed by atoms with Gasteiger partial charge in [-0.05, 0) is 39.0 Å². The van der Waals surface area contributed by atoms with Crippen LogP contribution in [-0.2, 0) is 0 Å². The van der Waals surface area contributed by atoms with E-state index >= 15 is 0 Å². The van der Waals surface area contributed by atoms with Crippen molar-refractivity contribution in [3.05, 3.63) is 0 Å². The first-order chi connectivity index (χ1) is 9.24. The van der Waals surface area contributed by atoms with Crippen molar-refractivity contribution in [2.75, 3.05) is 66.0 Å². The van der Waals surface area contributed by atoms with Crippen molar-refractivity contribution in [2.45, 2.75) is 26.3 Å². The van der Waals surface area contributed by atoms with Gasteiger partial charge in [-0.3, -0.25) is 4.90 Å². The molecule has 0 spiro atoms. The Hall–Kier alpha value is -0.160. The summed E-state index contributed by atoms with van der Waals surface area (Å²) in [6.45, 7) is 15.6. The molecule has 2 atom stereocenters. The van der Waals surface area contributed by atoms with Gasteiger partial charge in [0.15, 0.2) is 0 Å². The first-order valence-corrected chi connectivity index (χ1v) is 8.10. The summed E-state index contributed by atoms with van der Waals surface area (Å²) in [7, 11) is 2.24. The van der Waals surface area contributed by atoms with Gasteiger partial charge in [-0.2, -0.15) is 0 Å². The van der Waals surface area contributed by atoms with E-state index in [4.69, 9.17) is 0 Å². The Labute approximate surface area is 119 Å². The molecule has 0 radical (unpaired) electrons. The average Bonchev–Trinajstić information content (AvgIpc) is 2.44. The molecule has 19 heavy (non-hydrogen) atoms. The normalized spacial score (nSPS) is 30.9. The van der Waals surface area contributed by atoms with Crippen LogP contribution in [0, 0.1) is 5.92 Å². The fourth-order valence-electron chi connectivity index (χ4n) is 3.59. The van der Waals surface area contributed by atoms with Crippen molar-refractivity contribution < 1.29 is 0 Å². The molecule has 2 aliphatic heterocycles. The molecule has 0 aromatic rings. The monoisotopic (exact) mass is 268 g/mol. The van der Waals surface area contributed by atoms with E-state index in [1.807, 2.05) is 0 Å². The van der Waals surface area contributed by atoms with Crippen LogP contribution >= 0.6 is 0 Å². The SMILES string of the molecule is CCN(CC)C1CNCCC1CN1CCN(C)CC1. The maximum absolute atomic E-state index is 3.59. The Kier molecular flexibility index (Phi) is 6.07. The largest absolute Gasteiger partial charge is 0.315 e. The predicted octanol–water partition coefficient (Wildman–Crippen LogP) is 0.554. The molecule has 4 heteroatoms. The summed E-state index contributed by atoms with van der Waals surface area (Å²) in [5.41, 5.74) is 0. The molecule has 0 bridgehead atoms. The van der Waals surface area contributed by atoms with Crippen molar-refractivity contribution in [1.82, 2.24) is 20.0 Å². The Morgan fingerprint density at radius 3 is 2.42 bits per heavy atom. The van der Waals surface area contributed by atoms with Crippen LogP contribution in [0.1, 0.15) is 20.3 Å². The van der Waals surface area contributed by atoms with Crippen LogP contribution in [0.25, 0.3) is 0 Å². The Bertz CT molecular complexity index is 247. The number of rotatable bonds is 5. The van der Waals surface area contributed by atoms with Gasteiger partial charge in [0.05, 0.1) is 0 Å². The smallest absolute Gasteiger partial charge is 0.0261 e. The molecule has 2 aliphatic rings. The lowest BCUT2D eigenvalue weighted by Gasteiger charge is -2.43. The van der Waals surface area contributed by atoms with E-state index in [9.17, 15) is 0 Å². The van der Waals surface area contributed by atoms with Crippen LogP contribution in [0.3, 0.4) is 0 Å². The van der Waals surface area contributed by atoms with Crippen molar-refractivity contribution >= 4 is 0 Å². The van der Waals surface area contributed by atoms with E-state index in [-0.39, 0.29) is 0 Å². The van der Waals surface area contributed by atoms with Gasteiger partial charge in [0.25, 0.3) is 0 Å². The van der Waals surface area contributed by atoms with Crippen LogP contribution < -0.4 is 5.32 Å². The Morgan fingerprint density at radius 2 is 1.79 bits per heavy atom. The van der Waals surface area contributed by atoms with Crippen molar-refractivity contribution in [3.8, 4) is 0 Å². The highest BCUT2D eigenvalue weighted by atomic mass is 15.3. The molecule has 0 aromatic carbocycles. The number of hydrogen-bond acceptors (Lipinski definition) is 4. The first kappa shape index (κ1) is 15.2. The third-order valence-electron chi connectivity index (χ3n) is 4.96. The lowest BCUT2D eigenvalue weighted by molar-refractivity contribution is 0.0731. The van der Waals surface area contributed by atoms with Crippen molar-refractivity contribution in [1.29, 1.82) is 0 Å². The highest BCUT2D eigenvalue weighted by molar-refractivity contribution is 4.87. The minimum atomic E-state index is 0.739. The van der Waals surface area contributed by atoms with Crippen molar-refractivity contribution in [2.24, 2.45) is 5.92 Å². The molecule has 2 saturated heterocycles. The topological polar surface area (TPSA) is 21.8 Å². The molecule has 2 heterocycles. The van der Waals surface area contributed by atoms with E-state index in [0.717, 1.165) is 12.0 Å². The van der Waals surface area contributed by atoms with E-state index in [1.54, 1.807) is 0 Å². The lowest BCUT2D eigenvalue weighted by Crippen LogP contribution is -2.55. The zero-order valence-corrected chi connectivity index (χ0v) is 13.1. The second kappa shape index (κ2) is 7.58. The maximum Gasteiger partial charge on any atom is 0.0261 e. The summed E-state index contributed by atoms with van der Waals surface area (Å²) < 4.78 is 0. The number of likely N-dealkylation sites (N-methyl/N-ethyl adjacent to an activating group) is 2. The fourth-order valence-corrected chi connectivity index (χ4v) is 3.59. The van der Waals surface area contributed by atoms with Gasteiger partial charge < -0.3 is 15.1 Å². The van der Waals surface area contributed by atoms with Gasteiger partial charge in [-0.1, -0.05) is 13.8 Å². The van der Waals surface area contributed by atoms with E-state index in [0.29, 0.717) is 0 Å². The lowest BCUT2D eigenvalue weighted by atomic mass is 9.90. The summed E-state index contributed by atoms with van der Waals surface area (Å²) in [5, 5.41) is 3.59. The van der Waals surface area contributed by atoms with Crippen LogP contribution in [-0.4, -0.2) is 86.7 Å². The maximum atomic E-state index is 3.59. The Morgan fingerprint density at radius 1 is 1.11 bits per heavy atom. The molecule has 4 nitrogen and oxygen atoms in total. The minimum absolute atomic E-state index is 0.739. The number of piperidine rings is 1. The second-order valence-corrected chi connectivity index (χ2v) is 6.15. The second-order valence-electron chi connectivity index (χ2n) is 6.15. The van der Waals surface area contributed by atoms with E-state index in [1.165, 1.54) is 65.3 Å². The number of nitrogens with one attached hydrogen (secondary N) is 1. The Balaban J connectivity index is 1.88. The quantitative estimate of drug-likeness (QED) is 0.786.